The van der Waals surface area contributed by atoms with Crippen LogP contribution in [0.25, 0.3) is 0 Å². The molecule has 1 aliphatic heterocycles. The number of aryl methyl sites for hydroxylation is 2. The van der Waals surface area contributed by atoms with Gasteiger partial charge in [0.25, 0.3) is 5.91 Å². The number of hydrogen-bond acceptors (Lipinski definition) is 3. The number of carbonyl (C=O) groups is 2. The molecule has 0 radical (unpaired) electrons. The summed E-state index contributed by atoms with van der Waals surface area (Å²) >= 11 is 0. The number of carboxylic acids is 1. The van der Waals surface area contributed by atoms with E-state index in [2.05, 4.69) is 5.10 Å². The Balaban J connectivity index is 2.02. The van der Waals surface area contributed by atoms with Gasteiger partial charge in [-0.25, -0.2) is 4.79 Å². The number of benzene rings is 1. The SMILES string of the molecule is Cc1cc(C(=O)N2CCc3ccccc3C2C(=O)O)n(C)n1. The van der Waals surface area contributed by atoms with Crippen LogP contribution in [0.15, 0.2) is 30.3 Å². The van der Waals surface area contributed by atoms with Crippen molar-refractivity contribution in [3.05, 3.63) is 52.8 Å². The maximum atomic E-state index is 12.8. The molecule has 2 heterocycles. The molecular formula is C16H17N3O3. The van der Waals surface area contributed by atoms with Gasteiger partial charge in [-0.2, -0.15) is 5.10 Å². The van der Waals surface area contributed by atoms with Crippen molar-refractivity contribution in [1.29, 1.82) is 0 Å². The van der Waals surface area contributed by atoms with Crippen LogP contribution >= 0.6 is 0 Å². The van der Waals surface area contributed by atoms with E-state index < -0.39 is 12.0 Å². The highest BCUT2D eigenvalue weighted by molar-refractivity contribution is 5.96. The quantitative estimate of drug-likeness (QED) is 0.913. The topological polar surface area (TPSA) is 75.4 Å². The molecule has 114 valence electrons. The van der Waals surface area contributed by atoms with Gasteiger partial charge in [0.1, 0.15) is 5.69 Å². The van der Waals surface area contributed by atoms with E-state index in [0.717, 1.165) is 11.3 Å². The van der Waals surface area contributed by atoms with Gasteiger partial charge in [0.2, 0.25) is 0 Å². The summed E-state index contributed by atoms with van der Waals surface area (Å²) < 4.78 is 1.50. The molecule has 1 aromatic carbocycles. The van der Waals surface area contributed by atoms with Crippen molar-refractivity contribution in [1.82, 2.24) is 14.7 Å². The lowest BCUT2D eigenvalue weighted by Gasteiger charge is -2.34. The summed E-state index contributed by atoms with van der Waals surface area (Å²) in [7, 11) is 1.69. The van der Waals surface area contributed by atoms with Crippen LogP contribution in [-0.2, 0) is 18.3 Å². The zero-order valence-electron chi connectivity index (χ0n) is 12.5. The average Bonchev–Trinajstić information content (AvgIpc) is 2.83. The molecule has 1 N–H and O–H groups in total. The van der Waals surface area contributed by atoms with Gasteiger partial charge < -0.3 is 10.0 Å². The summed E-state index contributed by atoms with van der Waals surface area (Å²) in [6.45, 7) is 2.19. The standard InChI is InChI=1S/C16H17N3O3/c1-10-9-13(18(2)17-10)15(20)19-8-7-11-5-3-4-6-12(11)14(19)16(21)22/h3-6,9,14H,7-8H2,1-2H3,(H,21,22). The van der Waals surface area contributed by atoms with Crippen LogP contribution in [0.1, 0.15) is 33.4 Å². The molecule has 0 spiro atoms. The first-order valence-corrected chi connectivity index (χ1v) is 7.11. The molecule has 6 nitrogen and oxygen atoms in total. The first-order chi connectivity index (χ1) is 10.5. The molecule has 0 saturated heterocycles. The van der Waals surface area contributed by atoms with E-state index in [9.17, 15) is 14.7 Å². The summed E-state index contributed by atoms with van der Waals surface area (Å²) in [5.41, 5.74) is 2.81. The Morgan fingerprint density at radius 1 is 1.32 bits per heavy atom. The highest BCUT2D eigenvalue weighted by Gasteiger charge is 2.37. The molecule has 0 aliphatic carbocycles. The largest absolute Gasteiger partial charge is 0.479 e. The van der Waals surface area contributed by atoms with E-state index in [1.807, 2.05) is 12.1 Å². The molecule has 0 fully saturated rings. The first-order valence-electron chi connectivity index (χ1n) is 7.11. The molecule has 3 rings (SSSR count). The van der Waals surface area contributed by atoms with Crippen molar-refractivity contribution < 1.29 is 14.7 Å². The summed E-state index contributed by atoms with van der Waals surface area (Å²) in [6.07, 6.45) is 0.655. The summed E-state index contributed by atoms with van der Waals surface area (Å²) in [5.74, 6) is -1.32. The van der Waals surface area contributed by atoms with Gasteiger partial charge in [-0.1, -0.05) is 24.3 Å². The molecule has 1 unspecified atom stereocenters. The van der Waals surface area contributed by atoms with Crippen LogP contribution in [0.3, 0.4) is 0 Å². The fraction of sp³-hybridized carbons (Fsp3) is 0.312. The van der Waals surface area contributed by atoms with Crippen molar-refractivity contribution in [2.45, 2.75) is 19.4 Å². The minimum absolute atomic E-state index is 0.301. The molecule has 6 heteroatoms. The third-order valence-corrected chi connectivity index (χ3v) is 4.00. The number of carbonyl (C=O) groups excluding carboxylic acids is 1. The van der Waals surface area contributed by atoms with Crippen LogP contribution in [0.5, 0.6) is 0 Å². The van der Waals surface area contributed by atoms with Gasteiger partial charge in [0, 0.05) is 13.6 Å². The van der Waals surface area contributed by atoms with Gasteiger partial charge in [-0.15, -0.1) is 0 Å². The van der Waals surface area contributed by atoms with E-state index in [1.165, 1.54) is 9.58 Å². The Bertz CT molecular complexity index is 751. The highest BCUT2D eigenvalue weighted by atomic mass is 16.4. The molecule has 22 heavy (non-hydrogen) atoms. The van der Waals surface area contributed by atoms with Gasteiger partial charge in [-0.3, -0.25) is 9.48 Å². The second-order valence-corrected chi connectivity index (χ2v) is 5.48. The molecule has 0 bridgehead atoms. The third kappa shape index (κ3) is 2.26. The second kappa shape index (κ2) is 5.29. The van der Waals surface area contributed by atoms with E-state index >= 15 is 0 Å². The number of carboxylic acid groups (broad SMARTS) is 1. The van der Waals surface area contributed by atoms with Gasteiger partial charge >= 0.3 is 5.97 Å². The monoisotopic (exact) mass is 299 g/mol. The molecule has 2 aromatic rings. The van der Waals surface area contributed by atoms with Crippen molar-refractivity contribution in [3.63, 3.8) is 0 Å². The Hall–Kier alpha value is -2.63. The van der Waals surface area contributed by atoms with Gasteiger partial charge in [-0.05, 0) is 30.5 Å². The summed E-state index contributed by atoms with van der Waals surface area (Å²) in [4.78, 5) is 25.9. The summed E-state index contributed by atoms with van der Waals surface area (Å²) in [6, 6.07) is 8.12. The zero-order valence-corrected chi connectivity index (χ0v) is 12.5. The fourth-order valence-electron chi connectivity index (χ4n) is 3.01. The average molecular weight is 299 g/mol. The predicted octanol–water partition coefficient (Wildman–Crippen LogP) is 1.55. The molecule has 1 atom stereocenters. The van der Waals surface area contributed by atoms with Crippen LogP contribution < -0.4 is 0 Å². The molecule has 0 saturated carbocycles. The van der Waals surface area contributed by atoms with E-state index in [4.69, 9.17) is 0 Å². The lowest BCUT2D eigenvalue weighted by molar-refractivity contribution is -0.143. The summed E-state index contributed by atoms with van der Waals surface area (Å²) in [5, 5.41) is 13.8. The minimum Gasteiger partial charge on any atom is -0.479 e. The van der Waals surface area contributed by atoms with Crippen LogP contribution in [0.2, 0.25) is 0 Å². The zero-order chi connectivity index (χ0) is 15.9. The fourth-order valence-corrected chi connectivity index (χ4v) is 3.01. The lowest BCUT2D eigenvalue weighted by Crippen LogP contribution is -2.44. The Kier molecular flexibility index (Phi) is 3.44. The first kappa shape index (κ1) is 14.3. The van der Waals surface area contributed by atoms with Crippen LogP contribution in [-0.4, -0.2) is 38.2 Å². The van der Waals surface area contributed by atoms with Crippen LogP contribution in [0.4, 0.5) is 0 Å². The Morgan fingerprint density at radius 2 is 2.05 bits per heavy atom. The lowest BCUT2D eigenvalue weighted by atomic mass is 9.92. The van der Waals surface area contributed by atoms with E-state index in [1.54, 1.807) is 32.2 Å². The van der Waals surface area contributed by atoms with Gasteiger partial charge in [0.15, 0.2) is 6.04 Å². The molecule has 1 aliphatic rings. The number of aromatic nitrogens is 2. The van der Waals surface area contributed by atoms with E-state index in [-0.39, 0.29) is 5.91 Å². The van der Waals surface area contributed by atoms with Crippen molar-refractivity contribution in [2.75, 3.05) is 6.54 Å². The predicted molar refractivity (Wildman–Crippen MR) is 79.5 cm³/mol. The highest BCUT2D eigenvalue weighted by Crippen LogP contribution is 2.31. The normalized spacial score (nSPS) is 17.2. The molecule has 1 amide bonds. The smallest absolute Gasteiger partial charge is 0.331 e. The number of hydrogen-bond donors (Lipinski definition) is 1. The maximum absolute atomic E-state index is 12.8. The minimum atomic E-state index is -1.01. The van der Waals surface area contributed by atoms with Gasteiger partial charge in [0.05, 0.1) is 5.69 Å². The number of fused-ring (bicyclic) bond motifs is 1. The third-order valence-electron chi connectivity index (χ3n) is 4.00. The molecular weight excluding hydrogens is 282 g/mol. The Morgan fingerprint density at radius 3 is 2.68 bits per heavy atom. The van der Waals surface area contributed by atoms with Crippen LogP contribution in [0, 0.1) is 6.92 Å². The number of amides is 1. The molecule has 1 aromatic heterocycles. The number of nitrogens with zero attached hydrogens (tertiary/aromatic N) is 3. The van der Waals surface area contributed by atoms with Crippen molar-refractivity contribution in [3.8, 4) is 0 Å². The maximum Gasteiger partial charge on any atom is 0.331 e. The van der Waals surface area contributed by atoms with E-state index in [0.29, 0.717) is 24.2 Å². The van der Waals surface area contributed by atoms with Crippen molar-refractivity contribution in [2.24, 2.45) is 7.05 Å². The Labute approximate surface area is 128 Å². The van der Waals surface area contributed by atoms with Crippen molar-refractivity contribution >= 4 is 11.9 Å². The second-order valence-electron chi connectivity index (χ2n) is 5.48. The number of aliphatic carboxylic acids is 1. The number of rotatable bonds is 2.